The second kappa shape index (κ2) is 9.41. The van der Waals surface area contributed by atoms with Crippen LogP contribution in [0.4, 0.5) is 11.4 Å². The summed E-state index contributed by atoms with van der Waals surface area (Å²) in [5.41, 5.74) is 1.61. The normalized spacial score (nSPS) is 14.9. The third kappa shape index (κ3) is 5.37. The number of piperidine rings is 1. The van der Waals surface area contributed by atoms with Crippen LogP contribution in [0.25, 0.3) is 0 Å². The van der Waals surface area contributed by atoms with Crippen molar-refractivity contribution in [2.75, 3.05) is 29.8 Å². The molecule has 162 valence electrons. The largest absolute Gasteiger partial charge is 0.457 e. The molecule has 0 atom stereocenters. The molecule has 1 fully saturated rings. The van der Waals surface area contributed by atoms with Crippen LogP contribution in [0.15, 0.2) is 83.8 Å². The van der Waals surface area contributed by atoms with Gasteiger partial charge in [0, 0.05) is 31.6 Å². The number of nitrogens with one attached hydrogen (secondary N) is 1. The second-order valence-corrected chi connectivity index (χ2v) is 9.14. The number of nitrogens with zero attached hydrogens (tertiary/aromatic N) is 1. The standard InChI is InChI=1S/C24H26N2O4S/c1-29-21-15-17-26(18-16-21)20-9-7-19(8-10-20)25-31(27,28)24-13-11-23(12-14-24)30-22-5-3-2-4-6-22/h2-14,21,25H,15-18H2,1H3. The van der Waals surface area contributed by atoms with Crippen molar-refractivity contribution in [1.82, 2.24) is 0 Å². The highest BCUT2D eigenvalue weighted by Crippen LogP contribution is 2.26. The SMILES string of the molecule is COC1CCN(c2ccc(NS(=O)(=O)c3ccc(Oc4ccccc4)cc3)cc2)CC1. The minimum absolute atomic E-state index is 0.179. The molecule has 31 heavy (non-hydrogen) atoms. The van der Waals surface area contributed by atoms with Crippen molar-refractivity contribution in [3.8, 4) is 11.5 Å². The number of hydrogen-bond acceptors (Lipinski definition) is 5. The van der Waals surface area contributed by atoms with Crippen LogP contribution in [0.3, 0.4) is 0 Å². The molecule has 1 N–H and O–H groups in total. The molecule has 4 rings (SSSR count). The minimum Gasteiger partial charge on any atom is -0.457 e. The average molecular weight is 439 g/mol. The first kappa shape index (κ1) is 21.2. The van der Waals surface area contributed by atoms with E-state index in [4.69, 9.17) is 9.47 Å². The molecule has 1 aliphatic rings. The third-order valence-corrected chi connectivity index (χ3v) is 6.77. The number of rotatable bonds is 7. The van der Waals surface area contributed by atoms with E-state index >= 15 is 0 Å². The number of hydrogen-bond donors (Lipinski definition) is 1. The zero-order valence-corrected chi connectivity index (χ0v) is 18.2. The molecule has 0 bridgehead atoms. The fourth-order valence-electron chi connectivity index (χ4n) is 3.62. The Morgan fingerprint density at radius 2 is 1.45 bits per heavy atom. The van der Waals surface area contributed by atoms with Gasteiger partial charge in [-0.05, 0) is 73.5 Å². The molecule has 1 heterocycles. The Labute approximate surface area is 183 Å². The van der Waals surface area contributed by atoms with Gasteiger partial charge in [0.05, 0.1) is 11.0 Å². The summed E-state index contributed by atoms with van der Waals surface area (Å²) in [5, 5.41) is 0. The Balaban J connectivity index is 1.39. The topological polar surface area (TPSA) is 67.9 Å². The summed E-state index contributed by atoms with van der Waals surface area (Å²) in [5.74, 6) is 1.27. The Morgan fingerprint density at radius 1 is 0.839 bits per heavy atom. The van der Waals surface area contributed by atoms with E-state index in [1.165, 1.54) is 12.1 Å². The molecule has 0 aliphatic carbocycles. The lowest BCUT2D eigenvalue weighted by Gasteiger charge is -2.33. The van der Waals surface area contributed by atoms with Crippen LogP contribution in [-0.2, 0) is 14.8 Å². The van der Waals surface area contributed by atoms with Gasteiger partial charge >= 0.3 is 0 Å². The van der Waals surface area contributed by atoms with E-state index in [2.05, 4.69) is 9.62 Å². The summed E-state index contributed by atoms with van der Waals surface area (Å²) in [6, 6.07) is 23.2. The van der Waals surface area contributed by atoms with Crippen LogP contribution in [-0.4, -0.2) is 34.7 Å². The van der Waals surface area contributed by atoms with Gasteiger partial charge < -0.3 is 14.4 Å². The van der Waals surface area contributed by atoms with Crippen molar-refractivity contribution in [1.29, 1.82) is 0 Å². The van der Waals surface area contributed by atoms with Crippen LogP contribution in [0.5, 0.6) is 11.5 Å². The molecule has 0 amide bonds. The van der Waals surface area contributed by atoms with Crippen LogP contribution in [0.2, 0.25) is 0 Å². The number of anilines is 2. The third-order valence-electron chi connectivity index (χ3n) is 5.37. The van der Waals surface area contributed by atoms with Crippen molar-refractivity contribution in [3.63, 3.8) is 0 Å². The van der Waals surface area contributed by atoms with Crippen molar-refractivity contribution >= 4 is 21.4 Å². The predicted molar refractivity (Wildman–Crippen MR) is 122 cm³/mol. The Hall–Kier alpha value is -3.03. The van der Waals surface area contributed by atoms with Crippen molar-refractivity contribution < 1.29 is 17.9 Å². The fraction of sp³-hybridized carbons (Fsp3) is 0.250. The van der Waals surface area contributed by atoms with E-state index in [1.807, 2.05) is 42.5 Å². The van der Waals surface area contributed by atoms with Gasteiger partial charge in [-0.15, -0.1) is 0 Å². The van der Waals surface area contributed by atoms with E-state index < -0.39 is 10.0 Å². The number of para-hydroxylation sites is 1. The van der Waals surface area contributed by atoms with E-state index in [0.29, 0.717) is 23.3 Å². The van der Waals surface area contributed by atoms with E-state index in [9.17, 15) is 8.42 Å². The minimum atomic E-state index is -3.69. The molecule has 0 radical (unpaired) electrons. The lowest BCUT2D eigenvalue weighted by Crippen LogP contribution is -2.36. The summed E-state index contributed by atoms with van der Waals surface area (Å²) >= 11 is 0. The lowest BCUT2D eigenvalue weighted by atomic mass is 10.1. The maximum absolute atomic E-state index is 12.8. The van der Waals surface area contributed by atoms with Gasteiger partial charge in [0.25, 0.3) is 10.0 Å². The van der Waals surface area contributed by atoms with Gasteiger partial charge in [-0.3, -0.25) is 4.72 Å². The van der Waals surface area contributed by atoms with Gasteiger partial charge in [-0.1, -0.05) is 18.2 Å². The molecule has 0 saturated carbocycles. The average Bonchev–Trinajstić information content (AvgIpc) is 2.80. The first-order valence-corrected chi connectivity index (χ1v) is 11.8. The molecule has 3 aromatic carbocycles. The molecule has 7 heteroatoms. The van der Waals surface area contributed by atoms with E-state index in [0.717, 1.165) is 31.6 Å². The Bertz CT molecular complexity index is 1080. The number of sulfonamides is 1. The Kier molecular flexibility index (Phi) is 6.44. The number of methoxy groups -OCH3 is 1. The fourth-order valence-corrected chi connectivity index (χ4v) is 4.67. The first-order valence-electron chi connectivity index (χ1n) is 10.3. The van der Waals surface area contributed by atoms with Crippen LogP contribution < -0.4 is 14.4 Å². The lowest BCUT2D eigenvalue weighted by molar-refractivity contribution is 0.0819. The van der Waals surface area contributed by atoms with Crippen LogP contribution >= 0.6 is 0 Å². The Morgan fingerprint density at radius 3 is 2.06 bits per heavy atom. The van der Waals surface area contributed by atoms with Crippen molar-refractivity contribution in [2.24, 2.45) is 0 Å². The monoisotopic (exact) mass is 438 g/mol. The van der Waals surface area contributed by atoms with Crippen LogP contribution in [0.1, 0.15) is 12.8 Å². The highest BCUT2D eigenvalue weighted by atomic mass is 32.2. The van der Waals surface area contributed by atoms with Gasteiger partial charge in [-0.25, -0.2) is 8.42 Å². The highest BCUT2D eigenvalue weighted by molar-refractivity contribution is 7.92. The van der Waals surface area contributed by atoms with Crippen LogP contribution in [0, 0.1) is 0 Å². The van der Waals surface area contributed by atoms with E-state index in [1.54, 1.807) is 31.4 Å². The molecule has 0 aromatic heterocycles. The summed E-state index contributed by atoms with van der Waals surface area (Å²) in [4.78, 5) is 2.47. The maximum Gasteiger partial charge on any atom is 0.261 e. The van der Waals surface area contributed by atoms with Crippen molar-refractivity contribution in [3.05, 3.63) is 78.9 Å². The second-order valence-electron chi connectivity index (χ2n) is 7.46. The zero-order chi connectivity index (χ0) is 21.7. The molecule has 6 nitrogen and oxygen atoms in total. The van der Waals surface area contributed by atoms with E-state index in [-0.39, 0.29) is 4.90 Å². The highest BCUT2D eigenvalue weighted by Gasteiger charge is 2.19. The smallest absolute Gasteiger partial charge is 0.261 e. The number of benzene rings is 3. The van der Waals surface area contributed by atoms with Gasteiger partial charge in [-0.2, -0.15) is 0 Å². The quantitative estimate of drug-likeness (QED) is 0.569. The summed E-state index contributed by atoms with van der Waals surface area (Å²) in [6.07, 6.45) is 2.32. The summed E-state index contributed by atoms with van der Waals surface area (Å²) in [7, 11) is -1.93. The first-order chi connectivity index (χ1) is 15.0. The summed E-state index contributed by atoms with van der Waals surface area (Å²) in [6.45, 7) is 1.86. The molecule has 3 aromatic rings. The van der Waals surface area contributed by atoms with Gasteiger partial charge in [0.2, 0.25) is 0 Å². The number of ether oxygens (including phenoxy) is 2. The predicted octanol–water partition coefficient (Wildman–Crippen LogP) is 4.89. The van der Waals surface area contributed by atoms with Crippen molar-refractivity contribution in [2.45, 2.75) is 23.8 Å². The molecular formula is C24H26N2O4S. The van der Waals surface area contributed by atoms with Gasteiger partial charge in [0.1, 0.15) is 11.5 Å². The molecule has 1 saturated heterocycles. The summed E-state index contributed by atoms with van der Waals surface area (Å²) < 4.78 is 39.3. The molecule has 1 aliphatic heterocycles. The molecule has 0 unspecified atom stereocenters. The maximum atomic E-state index is 12.8. The zero-order valence-electron chi connectivity index (χ0n) is 17.4. The molecule has 0 spiro atoms. The van der Waals surface area contributed by atoms with Gasteiger partial charge in [0.15, 0.2) is 0 Å². The molecular weight excluding hydrogens is 412 g/mol.